The molecule has 8 heteroatoms. The maximum Gasteiger partial charge on any atom is 0.245 e. The summed E-state index contributed by atoms with van der Waals surface area (Å²) in [5, 5.41) is 4.54. The zero-order chi connectivity index (χ0) is 15.0. The van der Waals surface area contributed by atoms with Gasteiger partial charge in [0.25, 0.3) is 0 Å². The van der Waals surface area contributed by atoms with Gasteiger partial charge in [-0.1, -0.05) is 16.8 Å². The summed E-state index contributed by atoms with van der Waals surface area (Å²) in [4.78, 5) is 13.3. The van der Waals surface area contributed by atoms with Gasteiger partial charge in [-0.25, -0.2) is 4.98 Å². The first-order valence-corrected chi connectivity index (χ1v) is 7.31. The minimum absolute atomic E-state index is 0.121. The van der Waals surface area contributed by atoms with Crippen molar-refractivity contribution < 1.29 is 4.52 Å². The van der Waals surface area contributed by atoms with Crippen LogP contribution in [-0.2, 0) is 13.6 Å². The third-order valence-electron chi connectivity index (χ3n) is 3.95. The van der Waals surface area contributed by atoms with Crippen molar-refractivity contribution in [1.29, 1.82) is 0 Å². The minimum atomic E-state index is 0.121. The highest BCUT2D eigenvalue weighted by Gasteiger charge is 2.30. The van der Waals surface area contributed by atoms with Gasteiger partial charge >= 0.3 is 0 Å². The van der Waals surface area contributed by atoms with Crippen molar-refractivity contribution in [2.75, 3.05) is 26.7 Å². The molecule has 0 bridgehead atoms. The normalized spacial score (nSPS) is 21.0. The number of halogens is 1. The highest BCUT2D eigenvalue weighted by molar-refractivity contribution is 6.29. The van der Waals surface area contributed by atoms with Crippen molar-refractivity contribution >= 4 is 11.6 Å². The third kappa shape index (κ3) is 2.95. The minimum Gasteiger partial charge on any atom is -0.338 e. The molecule has 1 aliphatic rings. The molecule has 0 saturated carbocycles. The molecular formula is C13H19ClN6O. The van der Waals surface area contributed by atoms with Crippen LogP contribution in [0, 0.1) is 6.92 Å². The maximum absolute atomic E-state index is 6.04. The number of piperazine rings is 1. The zero-order valence-corrected chi connectivity index (χ0v) is 13.2. The van der Waals surface area contributed by atoms with E-state index in [1.807, 2.05) is 18.5 Å². The van der Waals surface area contributed by atoms with Crippen LogP contribution in [-0.4, -0.2) is 56.2 Å². The molecule has 114 valence electrons. The maximum atomic E-state index is 6.04. The highest BCUT2D eigenvalue weighted by Crippen LogP contribution is 2.23. The lowest BCUT2D eigenvalue weighted by Crippen LogP contribution is -2.46. The average Bonchev–Trinajstić information content (AvgIpc) is 3.02. The van der Waals surface area contributed by atoms with Gasteiger partial charge in [-0.3, -0.25) is 9.80 Å². The van der Waals surface area contributed by atoms with Crippen molar-refractivity contribution in [3.8, 4) is 0 Å². The van der Waals surface area contributed by atoms with Crippen LogP contribution in [0.4, 0.5) is 0 Å². The number of imidazole rings is 1. The average molecular weight is 311 g/mol. The van der Waals surface area contributed by atoms with Gasteiger partial charge in [0.1, 0.15) is 17.0 Å². The highest BCUT2D eigenvalue weighted by atomic mass is 35.5. The Labute approximate surface area is 128 Å². The molecule has 0 aromatic carbocycles. The molecule has 2 aromatic heterocycles. The van der Waals surface area contributed by atoms with Crippen molar-refractivity contribution in [3.05, 3.63) is 28.9 Å². The van der Waals surface area contributed by atoms with Gasteiger partial charge in [0.05, 0.1) is 12.7 Å². The summed E-state index contributed by atoms with van der Waals surface area (Å²) >= 11 is 6.04. The molecule has 0 aliphatic carbocycles. The summed E-state index contributed by atoms with van der Waals surface area (Å²) in [5.74, 6) is 2.31. The molecule has 0 N–H and O–H groups in total. The fourth-order valence-electron chi connectivity index (χ4n) is 2.56. The molecule has 1 aliphatic heterocycles. The predicted octanol–water partition coefficient (Wildman–Crippen LogP) is 1.25. The van der Waals surface area contributed by atoms with Gasteiger partial charge in [-0.05, 0) is 14.0 Å². The first-order chi connectivity index (χ1) is 10.0. The Hall–Kier alpha value is -1.44. The Morgan fingerprint density at radius 3 is 2.81 bits per heavy atom. The van der Waals surface area contributed by atoms with Crippen molar-refractivity contribution in [2.24, 2.45) is 7.05 Å². The quantitative estimate of drug-likeness (QED) is 0.850. The molecule has 1 fully saturated rings. The summed E-state index contributed by atoms with van der Waals surface area (Å²) in [6.45, 7) is 5.36. The Morgan fingerprint density at radius 1 is 1.38 bits per heavy atom. The summed E-state index contributed by atoms with van der Waals surface area (Å²) in [7, 11) is 4.01. The molecule has 0 spiro atoms. The van der Waals surface area contributed by atoms with Crippen LogP contribution in [0.3, 0.4) is 0 Å². The van der Waals surface area contributed by atoms with Gasteiger partial charge in [0.2, 0.25) is 5.89 Å². The van der Waals surface area contributed by atoms with Crippen LogP contribution < -0.4 is 0 Å². The summed E-state index contributed by atoms with van der Waals surface area (Å²) in [6, 6.07) is 0.121. The summed E-state index contributed by atoms with van der Waals surface area (Å²) < 4.78 is 7.24. The van der Waals surface area contributed by atoms with E-state index in [0.29, 0.717) is 16.9 Å². The van der Waals surface area contributed by atoms with Crippen LogP contribution in [0.2, 0.25) is 5.15 Å². The van der Waals surface area contributed by atoms with Crippen LogP contribution in [0.5, 0.6) is 0 Å². The first kappa shape index (κ1) is 14.5. The third-order valence-corrected chi connectivity index (χ3v) is 4.30. The molecule has 0 unspecified atom stereocenters. The van der Waals surface area contributed by atoms with E-state index in [2.05, 4.69) is 32.0 Å². The Bertz CT molecular complexity index is 624. The molecule has 3 heterocycles. The van der Waals surface area contributed by atoms with E-state index in [4.69, 9.17) is 16.1 Å². The second-order valence-corrected chi connectivity index (χ2v) is 5.85. The van der Waals surface area contributed by atoms with E-state index in [1.54, 1.807) is 6.20 Å². The van der Waals surface area contributed by atoms with E-state index in [9.17, 15) is 0 Å². The molecule has 2 aromatic rings. The Balaban J connectivity index is 1.72. The number of hydrogen-bond acceptors (Lipinski definition) is 6. The lowest BCUT2D eigenvalue weighted by molar-refractivity contribution is 0.0694. The van der Waals surface area contributed by atoms with Crippen LogP contribution in [0.15, 0.2) is 10.7 Å². The van der Waals surface area contributed by atoms with E-state index >= 15 is 0 Å². The Kier molecular flexibility index (Phi) is 3.97. The van der Waals surface area contributed by atoms with Gasteiger partial charge in [-0.15, -0.1) is 0 Å². The van der Waals surface area contributed by atoms with Gasteiger partial charge < -0.3 is 9.09 Å². The second kappa shape index (κ2) is 5.75. The molecular weight excluding hydrogens is 292 g/mol. The standard InChI is InChI=1S/C13H19ClN6O/c1-9-16-13(21-17-9)10-7-20(5-4-18(10)2)8-12-15-6-11(14)19(12)3/h6,10H,4-5,7-8H2,1-3H3/t10-/m1/s1. The number of aryl methyl sites for hydroxylation is 1. The fraction of sp³-hybridized carbons (Fsp3) is 0.615. The number of rotatable bonds is 3. The SMILES string of the molecule is Cc1noc([C@H]2CN(Cc3ncc(Cl)n3C)CCN2C)n1. The van der Waals surface area contributed by atoms with Crippen LogP contribution in [0.1, 0.15) is 23.6 Å². The number of nitrogens with zero attached hydrogens (tertiary/aromatic N) is 6. The summed E-state index contributed by atoms with van der Waals surface area (Å²) in [6.07, 6.45) is 1.69. The van der Waals surface area contributed by atoms with E-state index in [0.717, 1.165) is 32.0 Å². The topological polar surface area (TPSA) is 63.2 Å². The van der Waals surface area contributed by atoms with Gasteiger partial charge in [0, 0.05) is 26.7 Å². The number of likely N-dealkylation sites (N-methyl/N-ethyl adjacent to an activating group) is 1. The summed E-state index contributed by atoms with van der Waals surface area (Å²) in [5.41, 5.74) is 0. The van der Waals surface area contributed by atoms with Crippen molar-refractivity contribution in [2.45, 2.75) is 19.5 Å². The van der Waals surface area contributed by atoms with E-state index < -0.39 is 0 Å². The van der Waals surface area contributed by atoms with Crippen molar-refractivity contribution in [3.63, 3.8) is 0 Å². The van der Waals surface area contributed by atoms with Gasteiger partial charge in [-0.2, -0.15) is 4.98 Å². The molecule has 0 radical (unpaired) electrons. The lowest BCUT2D eigenvalue weighted by Gasteiger charge is -2.37. The van der Waals surface area contributed by atoms with Crippen LogP contribution in [0.25, 0.3) is 0 Å². The van der Waals surface area contributed by atoms with Crippen molar-refractivity contribution in [1.82, 2.24) is 29.5 Å². The molecule has 7 nitrogen and oxygen atoms in total. The number of hydrogen-bond donors (Lipinski definition) is 0. The molecule has 21 heavy (non-hydrogen) atoms. The monoisotopic (exact) mass is 310 g/mol. The molecule has 0 amide bonds. The largest absolute Gasteiger partial charge is 0.338 e. The Morgan fingerprint density at radius 2 is 2.19 bits per heavy atom. The first-order valence-electron chi connectivity index (χ1n) is 6.93. The van der Waals surface area contributed by atoms with E-state index in [1.165, 1.54) is 0 Å². The van der Waals surface area contributed by atoms with Gasteiger partial charge in [0.15, 0.2) is 5.82 Å². The fourth-order valence-corrected chi connectivity index (χ4v) is 2.71. The van der Waals surface area contributed by atoms with Crippen LogP contribution >= 0.6 is 11.6 Å². The predicted molar refractivity (Wildman–Crippen MR) is 77.9 cm³/mol. The number of aromatic nitrogens is 4. The lowest BCUT2D eigenvalue weighted by atomic mass is 10.1. The molecule has 1 atom stereocenters. The van der Waals surface area contributed by atoms with E-state index in [-0.39, 0.29) is 6.04 Å². The molecule has 3 rings (SSSR count). The zero-order valence-electron chi connectivity index (χ0n) is 12.5. The smallest absolute Gasteiger partial charge is 0.245 e. The second-order valence-electron chi connectivity index (χ2n) is 5.47. The molecule has 1 saturated heterocycles.